The van der Waals surface area contributed by atoms with Gasteiger partial charge >= 0.3 is 5.97 Å². The fraction of sp³-hybridized carbons (Fsp3) is 0.500. The first-order valence-electron chi connectivity index (χ1n) is 13.6. The molecule has 1 atom stereocenters. The molecule has 2 aromatic rings. The lowest BCUT2D eigenvalue weighted by Crippen LogP contribution is -2.52. The lowest BCUT2D eigenvalue weighted by molar-refractivity contribution is -0.155. The molecule has 0 spiro atoms. The Hall–Kier alpha value is -3.83. The lowest BCUT2D eigenvalue weighted by atomic mass is 9.94. The van der Waals surface area contributed by atoms with Crippen molar-refractivity contribution in [1.29, 1.82) is 0 Å². The van der Waals surface area contributed by atoms with Gasteiger partial charge in [-0.2, -0.15) is 0 Å². The van der Waals surface area contributed by atoms with E-state index in [1.54, 1.807) is 59.3 Å². The summed E-state index contributed by atoms with van der Waals surface area (Å²) in [4.78, 5) is 30.6. The number of methoxy groups -OCH3 is 2. The third-order valence-corrected chi connectivity index (χ3v) is 6.21. The maximum atomic E-state index is 13.4. The van der Waals surface area contributed by atoms with Crippen LogP contribution < -0.4 is 25.1 Å². The van der Waals surface area contributed by atoms with Crippen LogP contribution in [0.2, 0.25) is 0 Å². The van der Waals surface area contributed by atoms with E-state index in [0.717, 1.165) is 5.56 Å². The number of hydrazine groups is 1. The van der Waals surface area contributed by atoms with Crippen molar-refractivity contribution < 1.29 is 38.4 Å². The van der Waals surface area contributed by atoms with Crippen molar-refractivity contribution in [2.24, 2.45) is 4.99 Å². The number of benzene rings is 2. The Bertz CT molecular complexity index is 1190. The molecule has 1 aliphatic heterocycles. The summed E-state index contributed by atoms with van der Waals surface area (Å²) in [7, 11) is 3.16. The van der Waals surface area contributed by atoms with E-state index in [1.165, 1.54) is 0 Å². The monoisotopic (exact) mass is 571 g/mol. The molecule has 0 aliphatic carbocycles. The topological polar surface area (TPSA) is 137 Å². The number of nitrogens with zero attached hydrogens (tertiary/aromatic N) is 1. The average Bonchev–Trinajstić information content (AvgIpc) is 3.39. The number of hydrogen-bond acceptors (Lipinski definition) is 10. The van der Waals surface area contributed by atoms with E-state index < -0.39 is 23.0 Å². The predicted molar refractivity (Wildman–Crippen MR) is 153 cm³/mol. The molecule has 1 amide bonds. The average molecular weight is 572 g/mol. The van der Waals surface area contributed by atoms with E-state index in [0.29, 0.717) is 54.7 Å². The summed E-state index contributed by atoms with van der Waals surface area (Å²) in [5, 5.41) is 8.93. The van der Waals surface area contributed by atoms with Crippen molar-refractivity contribution in [2.45, 2.75) is 57.6 Å². The summed E-state index contributed by atoms with van der Waals surface area (Å²) in [5.74, 6) is 1.39. The Morgan fingerprint density at radius 1 is 1.07 bits per heavy atom. The number of aliphatic imine (C=N–C) groups is 1. The van der Waals surface area contributed by atoms with Crippen molar-refractivity contribution >= 4 is 17.8 Å². The van der Waals surface area contributed by atoms with Gasteiger partial charge in [-0.1, -0.05) is 6.07 Å². The molecule has 0 fully saturated rings. The fourth-order valence-corrected chi connectivity index (χ4v) is 4.10. The predicted octanol–water partition coefficient (Wildman–Crippen LogP) is 2.97. The molecule has 0 saturated carbocycles. The third-order valence-electron chi connectivity index (χ3n) is 6.21. The maximum absolute atomic E-state index is 13.4. The molecule has 11 heteroatoms. The van der Waals surface area contributed by atoms with Crippen molar-refractivity contribution in [3.05, 3.63) is 53.6 Å². The molecule has 1 heterocycles. The number of ether oxygens (including phenoxy) is 5. The summed E-state index contributed by atoms with van der Waals surface area (Å²) in [5.41, 5.74) is 5.42. The van der Waals surface area contributed by atoms with Crippen LogP contribution >= 0.6 is 0 Å². The van der Waals surface area contributed by atoms with E-state index in [-0.39, 0.29) is 26.1 Å². The van der Waals surface area contributed by atoms with Crippen molar-refractivity contribution in [1.82, 2.24) is 10.9 Å². The SMILES string of the molecule is COc1ccc(CCNNC(=O)[C@]2(CCC(=O)OC(C)(C)C)COC(c3ccc(OCCCO)cc3)=N2)cc1OC. The second-order valence-electron chi connectivity index (χ2n) is 10.6. The van der Waals surface area contributed by atoms with E-state index in [9.17, 15) is 9.59 Å². The van der Waals surface area contributed by atoms with Crippen LogP contribution in [-0.4, -0.2) is 74.6 Å². The van der Waals surface area contributed by atoms with Gasteiger partial charge in [-0.05, 0) is 75.6 Å². The highest BCUT2D eigenvalue weighted by molar-refractivity contribution is 6.00. The van der Waals surface area contributed by atoms with E-state index >= 15 is 0 Å². The molecule has 0 radical (unpaired) electrons. The largest absolute Gasteiger partial charge is 0.494 e. The number of aliphatic hydroxyl groups is 1. The van der Waals surface area contributed by atoms with Gasteiger partial charge in [-0.15, -0.1) is 0 Å². The zero-order valence-electron chi connectivity index (χ0n) is 24.5. The van der Waals surface area contributed by atoms with Crippen molar-refractivity contribution in [2.75, 3.05) is 40.6 Å². The van der Waals surface area contributed by atoms with E-state index in [4.69, 9.17) is 28.8 Å². The Labute approximate surface area is 241 Å². The van der Waals surface area contributed by atoms with Gasteiger partial charge in [0, 0.05) is 31.6 Å². The normalized spacial score (nSPS) is 16.4. The van der Waals surface area contributed by atoms with E-state index in [1.807, 2.05) is 18.2 Å². The van der Waals surface area contributed by atoms with Crippen molar-refractivity contribution in [3.8, 4) is 17.2 Å². The number of esters is 1. The maximum Gasteiger partial charge on any atom is 0.306 e. The molecule has 2 aromatic carbocycles. The Morgan fingerprint density at radius 3 is 2.46 bits per heavy atom. The van der Waals surface area contributed by atoms with Gasteiger partial charge in [0.25, 0.3) is 5.91 Å². The van der Waals surface area contributed by atoms with Crippen LogP contribution in [0.4, 0.5) is 0 Å². The first-order valence-corrected chi connectivity index (χ1v) is 13.6. The second-order valence-corrected chi connectivity index (χ2v) is 10.6. The molecule has 0 aromatic heterocycles. The van der Waals surface area contributed by atoms with Crippen LogP contribution in [0.1, 0.15) is 51.2 Å². The van der Waals surface area contributed by atoms with Gasteiger partial charge in [0.15, 0.2) is 17.0 Å². The van der Waals surface area contributed by atoms with Gasteiger partial charge in [-0.25, -0.2) is 10.4 Å². The second kappa shape index (κ2) is 14.7. The van der Waals surface area contributed by atoms with Crippen LogP contribution in [0, 0.1) is 0 Å². The molecular formula is C30H41N3O8. The highest BCUT2D eigenvalue weighted by atomic mass is 16.6. The molecule has 3 N–H and O–H groups in total. The number of hydrogen-bond donors (Lipinski definition) is 3. The number of carbonyl (C=O) groups is 2. The van der Waals surface area contributed by atoms with Crippen LogP contribution in [0.15, 0.2) is 47.5 Å². The highest BCUT2D eigenvalue weighted by Crippen LogP contribution is 2.29. The summed E-state index contributed by atoms with van der Waals surface area (Å²) >= 11 is 0. The summed E-state index contributed by atoms with van der Waals surface area (Å²) in [6, 6.07) is 12.8. The fourth-order valence-electron chi connectivity index (χ4n) is 4.10. The van der Waals surface area contributed by atoms with Gasteiger partial charge in [0.2, 0.25) is 5.90 Å². The zero-order chi connectivity index (χ0) is 29.9. The minimum atomic E-state index is -1.32. The number of carbonyl (C=O) groups excluding carboxylic acids is 2. The third kappa shape index (κ3) is 9.36. The highest BCUT2D eigenvalue weighted by Gasteiger charge is 2.45. The molecule has 0 bridgehead atoms. The number of aliphatic hydroxyl groups excluding tert-OH is 1. The summed E-state index contributed by atoms with van der Waals surface area (Å²) in [6.45, 7) is 6.26. The Balaban J connectivity index is 1.68. The number of nitrogens with one attached hydrogen (secondary N) is 2. The number of rotatable bonds is 15. The van der Waals surface area contributed by atoms with Crippen molar-refractivity contribution in [3.63, 3.8) is 0 Å². The summed E-state index contributed by atoms with van der Waals surface area (Å²) in [6.07, 6.45) is 1.25. The Kier molecular flexibility index (Phi) is 11.4. The summed E-state index contributed by atoms with van der Waals surface area (Å²) < 4.78 is 27.5. The molecule has 224 valence electrons. The van der Waals surface area contributed by atoms with E-state index in [2.05, 4.69) is 15.8 Å². The van der Waals surface area contributed by atoms with Crippen LogP contribution in [0.3, 0.4) is 0 Å². The van der Waals surface area contributed by atoms with Gasteiger partial charge < -0.3 is 28.8 Å². The van der Waals surface area contributed by atoms with Gasteiger partial charge in [-0.3, -0.25) is 15.0 Å². The van der Waals surface area contributed by atoms with Crippen LogP contribution in [0.5, 0.6) is 17.2 Å². The molecule has 11 nitrogen and oxygen atoms in total. The minimum Gasteiger partial charge on any atom is -0.494 e. The van der Waals surface area contributed by atoms with Gasteiger partial charge in [0.05, 0.1) is 20.8 Å². The molecule has 41 heavy (non-hydrogen) atoms. The molecule has 1 aliphatic rings. The van der Waals surface area contributed by atoms with Crippen LogP contribution in [0.25, 0.3) is 0 Å². The van der Waals surface area contributed by atoms with Crippen LogP contribution in [-0.2, 0) is 25.5 Å². The molecular weight excluding hydrogens is 530 g/mol. The standard InChI is InChI=1S/C30H41N3O8/c1-29(2,3)41-26(35)13-15-30(20-40-27(32-30)22-8-10-23(11-9-22)39-18-6-17-34)28(36)33-31-16-14-21-7-12-24(37-4)25(19-21)38-5/h7-12,19,31,34H,6,13-18,20H2,1-5H3,(H,33,36)/t30-/m0/s1. The lowest BCUT2D eigenvalue weighted by Gasteiger charge is -2.24. The Morgan fingerprint density at radius 2 is 1.80 bits per heavy atom. The molecule has 0 unspecified atom stereocenters. The number of amides is 1. The minimum absolute atomic E-state index is 0.00585. The zero-order valence-corrected chi connectivity index (χ0v) is 24.5. The van der Waals surface area contributed by atoms with Gasteiger partial charge in [0.1, 0.15) is 18.0 Å². The first kappa shape index (κ1) is 31.7. The quantitative estimate of drug-likeness (QED) is 0.167. The smallest absolute Gasteiger partial charge is 0.306 e. The molecule has 3 rings (SSSR count). The molecule has 0 saturated heterocycles. The first-order chi connectivity index (χ1) is 19.6.